The molecule has 0 radical (unpaired) electrons. The molecule has 5 rings (SSSR count). The van der Waals surface area contributed by atoms with Gasteiger partial charge in [-0.15, -0.1) is 13.2 Å². The normalized spacial score (nSPS) is 14.1. The largest absolute Gasteiger partial charge is 0.573 e. The summed E-state index contributed by atoms with van der Waals surface area (Å²) in [6.45, 7) is 2.38. The van der Waals surface area contributed by atoms with Crippen molar-refractivity contribution in [1.82, 2.24) is 10.1 Å². The maximum absolute atomic E-state index is 14.0. The Morgan fingerprint density at radius 1 is 0.976 bits per heavy atom. The van der Waals surface area contributed by atoms with E-state index < -0.39 is 51.0 Å². The van der Waals surface area contributed by atoms with Gasteiger partial charge in [0, 0.05) is 17.2 Å². The van der Waals surface area contributed by atoms with E-state index in [4.69, 9.17) is 4.52 Å². The van der Waals surface area contributed by atoms with E-state index in [9.17, 15) is 39.9 Å². The highest BCUT2D eigenvalue weighted by atomic mass is 32.2. The van der Waals surface area contributed by atoms with Gasteiger partial charge in [-0.2, -0.15) is 13.2 Å². The molecule has 4 aromatic rings. The summed E-state index contributed by atoms with van der Waals surface area (Å²) in [4.78, 5) is 3.23. The van der Waals surface area contributed by atoms with Crippen LogP contribution >= 0.6 is 0 Å². The zero-order chi connectivity index (χ0) is 30.7. The Balaban J connectivity index is 1.69. The van der Waals surface area contributed by atoms with Crippen molar-refractivity contribution < 1.29 is 49.1 Å². The van der Waals surface area contributed by atoms with Crippen LogP contribution in [0.3, 0.4) is 0 Å². The van der Waals surface area contributed by atoms with Crippen molar-refractivity contribution in [2.75, 3.05) is 9.62 Å². The molecule has 2 N–H and O–H groups in total. The molecule has 2 aromatic carbocycles. The monoisotopic (exact) mass is 614 g/mol. The fraction of sp³-hybridized carbons (Fsp3) is 0.231. The summed E-state index contributed by atoms with van der Waals surface area (Å²) >= 11 is 0. The number of benzene rings is 2. The first kappa shape index (κ1) is 29.2. The molecule has 0 bridgehead atoms. The minimum atomic E-state index is -5.00. The van der Waals surface area contributed by atoms with Gasteiger partial charge >= 0.3 is 12.5 Å². The number of hydrogen-bond acceptors (Lipinski definition) is 8. The van der Waals surface area contributed by atoms with E-state index in [1.165, 1.54) is 38.1 Å². The number of halogens is 6. The topological polar surface area (TPSA) is 118 Å². The first-order valence-electron chi connectivity index (χ1n) is 12.0. The summed E-state index contributed by atoms with van der Waals surface area (Å²) in [5.74, 6) is -0.894. The lowest BCUT2D eigenvalue weighted by Crippen LogP contribution is -2.30. The number of para-hydroxylation sites is 1. The minimum Gasteiger partial charge on any atom is -0.406 e. The molecule has 0 atom stereocenters. The van der Waals surface area contributed by atoms with Crippen LogP contribution in [0.1, 0.15) is 30.8 Å². The third kappa shape index (κ3) is 5.72. The molecule has 0 saturated carbocycles. The molecule has 222 valence electrons. The fourth-order valence-corrected chi connectivity index (χ4v) is 5.67. The molecule has 0 aliphatic carbocycles. The van der Waals surface area contributed by atoms with Crippen molar-refractivity contribution in [2.45, 2.75) is 43.4 Å². The number of rotatable bonds is 5. The Morgan fingerprint density at radius 2 is 1.67 bits per heavy atom. The molecular weight excluding hydrogens is 594 g/mol. The van der Waals surface area contributed by atoms with Crippen LogP contribution in [0.2, 0.25) is 0 Å². The second-order valence-electron chi connectivity index (χ2n) is 9.70. The fourth-order valence-electron chi connectivity index (χ4n) is 4.19. The molecule has 0 fully saturated rings. The van der Waals surface area contributed by atoms with Crippen molar-refractivity contribution in [1.29, 1.82) is 0 Å². The number of fused-ring (bicyclic) bond motifs is 2. The molecule has 1 aliphatic rings. The molecule has 1 aliphatic heterocycles. The van der Waals surface area contributed by atoms with Crippen LogP contribution in [-0.4, -0.2) is 30.0 Å². The number of hydrogen-bond donors (Lipinski definition) is 2. The summed E-state index contributed by atoms with van der Waals surface area (Å²) in [5, 5.41) is 17.0. The number of aromatic nitrogens is 2. The molecule has 16 heteroatoms. The van der Waals surface area contributed by atoms with Crippen LogP contribution in [0.15, 0.2) is 70.1 Å². The van der Waals surface area contributed by atoms with Crippen molar-refractivity contribution in [3.05, 3.63) is 77.6 Å². The zero-order valence-electron chi connectivity index (χ0n) is 21.6. The average Bonchev–Trinajstić information content (AvgIpc) is 3.31. The molecule has 0 saturated heterocycles. The summed E-state index contributed by atoms with van der Waals surface area (Å²) in [5.41, 5.74) is -2.36. The number of aliphatic hydroxyl groups is 1. The third-order valence-electron chi connectivity index (χ3n) is 6.17. The van der Waals surface area contributed by atoms with Crippen LogP contribution in [0.4, 0.5) is 43.5 Å². The lowest BCUT2D eigenvalue weighted by atomic mass is 10.0. The minimum absolute atomic E-state index is 0.0230. The molecule has 9 nitrogen and oxygen atoms in total. The van der Waals surface area contributed by atoms with E-state index in [1.807, 2.05) is 0 Å². The highest BCUT2D eigenvalue weighted by Crippen LogP contribution is 2.45. The Hall–Kier alpha value is -4.31. The number of sulfonamides is 1. The van der Waals surface area contributed by atoms with Crippen molar-refractivity contribution in [2.24, 2.45) is 0 Å². The first-order valence-corrected chi connectivity index (χ1v) is 13.4. The molecule has 0 unspecified atom stereocenters. The van der Waals surface area contributed by atoms with Crippen LogP contribution in [0.25, 0.3) is 11.3 Å². The number of ether oxygens (including phenoxy) is 1. The molecule has 0 spiro atoms. The van der Waals surface area contributed by atoms with Crippen molar-refractivity contribution >= 4 is 27.2 Å². The quantitative estimate of drug-likeness (QED) is 0.251. The van der Waals surface area contributed by atoms with Gasteiger partial charge in [-0.3, -0.25) is 4.31 Å². The Labute approximate surface area is 234 Å². The summed E-state index contributed by atoms with van der Waals surface area (Å²) < 4.78 is 116. The predicted molar refractivity (Wildman–Crippen MR) is 136 cm³/mol. The predicted octanol–water partition coefficient (Wildman–Crippen LogP) is 6.33. The smallest absolute Gasteiger partial charge is 0.406 e. The summed E-state index contributed by atoms with van der Waals surface area (Å²) in [6.07, 6.45) is -9.79. The highest BCUT2D eigenvalue weighted by Gasteiger charge is 2.37. The van der Waals surface area contributed by atoms with Crippen LogP contribution in [-0.2, 0) is 28.3 Å². The van der Waals surface area contributed by atoms with Gasteiger partial charge in [0.15, 0.2) is 5.76 Å². The number of nitrogens with zero attached hydrogens (tertiary/aromatic N) is 3. The number of nitrogens with one attached hydrogen (secondary N) is 1. The van der Waals surface area contributed by atoms with Crippen molar-refractivity contribution in [3.63, 3.8) is 0 Å². The SMILES string of the molecule is CC(C)(O)c1cc(-c2cccc3c2N(S(=O)(=O)c2ccc(OC(F)(F)F)cc2)Cc2ccc(C(F)(F)F)nc2N3)on1. The molecule has 2 aromatic heterocycles. The number of anilines is 3. The summed E-state index contributed by atoms with van der Waals surface area (Å²) in [6, 6.07) is 11.0. The summed E-state index contributed by atoms with van der Waals surface area (Å²) in [7, 11) is -4.60. The first-order chi connectivity index (χ1) is 19.4. The molecule has 42 heavy (non-hydrogen) atoms. The van der Waals surface area contributed by atoms with E-state index in [0.29, 0.717) is 6.07 Å². The van der Waals surface area contributed by atoms with Gasteiger partial charge in [0.1, 0.15) is 28.6 Å². The standard InChI is InChI=1S/C26H20F6N4O5S/c1-24(2,37)21-12-19(41-35-21)17-4-3-5-18-22(17)36(13-14-6-11-20(25(27,28)29)34-23(14)33-18)42(38,39)16-9-7-15(8-10-16)40-26(30,31)32/h3-12,37H,13H2,1-2H3,(H,33,34). The Kier molecular flexibility index (Phi) is 6.88. The maximum atomic E-state index is 14.0. The van der Waals surface area contributed by atoms with Gasteiger partial charge in [0.2, 0.25) is 0 Å². The third-order valence-corrected chi connectivity index (χ3v) is 7.93. The van der Waals surface area contributed by atoms with Crippen LogP contribution in [0.5, 0.6) is 5.75 Å². The molecule has 0 amide bonds. The highest BCUT2D eigenvalue weighted by molar-refractivity contribution is 7.92. The number of alkyl halides is 6. The van der Waals surface area contributed by atoms with Gasteiger partial charge < -0.3 is 19.7 Å². The van der Waals surface area contributed by atoms with E-state index in [1.54, 1.807) is 0 Å². The lowest BCUT2D eigenvalue weighted by Gasteiger charge is -2.26. The van der Waals surface area contributed by atoms with Gasteiger partial charge in [-0.05, 0) is 56.3 Å². The van der Waals surface area contributed by atoms with E-state index in [2.05, 4.69) is 20.2 Å². The zero-order valence-corrected chi connectivity index (χ0v) is 22.4. The second-order valence-corrected chi connectivity index (χ2v) is 11.6. The van der Waals surface area contributed by atoms with E-state index >= 15 is 0 Å². The molecular formula is C26H20F6N4O5S. The number of pyridine rings is 1. The van der Waals surface area contributed by atoms with Crippen LogP contribution < -0.4 is 14.4 Å². The van der Waals surface area contributed by atoms with Gasteiger partial charge in [0.25, 0.3) is 10.0 Å². The Morgan fingerprint density at radius 3 is 2.26 bits per heavy atom. The molecule has 3 heterocycles. The van der Waals surface area contributed by atoms with E-state index in [-0.39, 0.29) is 39.8 Å². The Bertz CT molecular complexity index is 1750. The average molecular weight is 615 g/mol. The lowest BCUT2D eigenvalue weighted by molar-refractivity contribution is -0.274. The van der Waals surface area contributed by atoms with Gasteiger partial charge in [-0.25, -0.2) is 13.4 Å². The van der Waals surface area contributed by atoms with Gasteiger partial charge in [-0.1, -0.05) is 17.3 Å². The van der Waals surface area contributed by atoms with Crippen LogP contribution in [0, 0.1) is 0 Å². The van der Waals surface area contributed by atoms with Gasteiger partial charge in [0.05, 0.1) is 22.8 Å². The van der Waals surface area contributed by atoms with E-state index in [0.717, 1.165) is 34.6 Å². The second kappa shape index (κ2) is 9.90. The van der Waals surface area contributed by atoms with Crippen molar-refractivity contribution in [3.8, 4) is 17.1 Å². The maximum Gasteiger partial charge on any atom is 0.573 e.